The Morgan fingerprint density at radius 1 is 1.06 bits per heavy atom. The predicted octanol–water partition coefficient (Wildman–Crippen LogP) is 6.15. The number of halogens is 1. The van der Waals surface area contributed by atoms with Crippen LogP contribution in [0.5, 0.6) is 0 Å². The maximum absolute atomic E-state index is 12.7. The fraction of sp³-hybridized carbons (Fsp3) is 0.115. The predicted molar refractivity (Wildman–Crippen MR) is 134 cm³/mol. The lowest BCUT2D eigenvalue weighted by atomic mass is 10.1. The highest BCUT2D eigenvalue weighted by Gasteiger charge is 2.15. The summed E-state index contributed by atoms with van der Waals surface area (Å²) in [6, 6.07) is 23.6. The first-order valence-electron chi connectivity index (χ1n) is 10.7. The van der Waals surface area contributed by atoms with Gasteiger partial charge >= 0.3 is 0 Å². The molecule has 4 rings (SSSR count). The highest BCUT2D eigenvalue weighted by atomic mass is 35.5. The van der Waals surface area contributed by atoms with Crippen molar-refractivity contribution in [3.63, 3.8) is 0 Å². The minimum atomic E-state index is -0.416. The smallest absolute Gasteiger partial charge is 0.251 e. The number of carbonyl (C=O) groups excluding carboxylic acids is 1. The molecule has 4 aromatic rings. The van der Waals surface area contributed by atoms with Gasteiger partial charge in [-0.1, -0.05) is 54.1 Å². The zero-order chi connectivity index (χ0) is 23.9. The molecule has 0 saturated heterocycles. The number of rotatable bonds is 7. The van der Waals surface area contributed by atoms with Crippen molar-refractivity contribution in [3.05, 3.63) is 107 Å². The second kappa shape index (κ2) is 10.7. The third kappa shape index (κ3) is 5.82. The molecule has 1 amide bonds. The van der Waals surface area contributed by atoms with Crippen LogP contribution < -0.4 is 11.1 Å². The molecule has 34 heavy (non-hydrogen) atoms. The summed E-state index contributed by atoms with van der Waals surface area (Å²) in [6.07, 6.45) is 1.59. The van der Waals surface area contributed by atoms with Crippen molar-refractivity contribution in [2.24, 2.45) is 10.2 Å². The molecule has 1 unspecified atom stereocenters. The number of azo groups is 1. The van der Waals surface area contributed by atoms with Gasteiger partial charge in [0.15, 0.2) is 0 Å². The van der Waals surface area contributed by atoms with Crippen molar-refractivity contribution in [1.82, 2.24) is 15.3 Å². The van der Waals surface area contributed by atoms with Gasteiger partial charge in [-0.15, -0.1) is 0 Å². The van der Waals surface area contributed by atoms with E-state index in [1.807, 2.05) is 49.4 Å². The van der Waals surface area contributed by atoms with Gasteiger partial charge in [0, 0.05) is 22.7 Å². The first-order valence-corrected chi connectivity index (χ1v) is 11.1. The SMILES string of the molecule is CC(N=Nc1ccc(Cl)cc1)c1nc(-c2cccc(C(=O)NCc3ccccc3)c2)cnc1N. The van der Waals surface area contributed by atoms with Crippen LogP contribution in [0.2, 0.25) is 5.02 Å². The third-order valence-electron chi connectivity index (χ3n) is 5.11. The molecule has 0 aliphatic carbocycles. The highest BCUT2D eigenvalue weighted by molar-refractivity contribution is 6.30. The monoisotopic (exact) mass is 470 g/mol. The van der Waals surface area contributed by atoms with E-state index in [-0.39, 0.29) is 11.7 Å². The molecule has 170 valence electrons. The van der Waals surface area contributed by atoms with E-state index in [9.17, 15) is 4.79 Å². The van der Waals surface area contributed by atoms with Crippen molar-refractivity contribution >= 4 is 29.0 Å². The number of benzene rings is 3. The maximum Gasteiger partial charge on any atom is 0.251 e. The molecule has 1 heterocycles. The van der Waals surface area contributed by atoms with Crippen LogP contribution in [0.15, 0.2) is 95.3 Å². The average Bonchev–Trinajstić information content (AvgIpc) is 2.87. The molecule has 0 bridgehead atoms. The second-order valence-electron chi connectivity index (χ2n) is 7.64. The van der Waals surface area contributed by atoms with Crippen molar-refractivity contribution in [2.75, 3.05) is 5.73 Å². The summed E-state index contributed by atoms with van der Waals surface area (Å²) in [5, 5.41) is 12.1. The average molecular weight is 471 g/mol. The fourth-order valence-electron chi connectivity index (χ4n) is 3.27. The Bertz CT molecular complexity index is 1310. The Hall–Kier alpha value is -4.10. The van der Waals surface area contributed by atoms with Crippen LogP contribution in [0.4, 0.5) is 11.5 Å². The number of carbonyl (C=O) groups is 1. The van der Waals surface area contributed by atoms with E-state index in [4.69, 9.17) is 17.3 Å². The Kier molecular flexibility index (Phi) is 7.25. The van der Waals surface area contributed by atoms with Gasteiger partial charge < -0.3 is 11.1 Å². The van der Waals surface area contributed by atoms with E-state index in [0.29, 0.717) is 34.2 Å². The molecule has 0 radical (unpaired) electrons. The van der Waals surface area contributed by atoms with Crippen molar-refractivity contribution in [2.45, 2.75) is 19.5 Å². The Morgan fingerprint density at radius 2 is 1.82 bits per heavy atom. The minimum absolute atomic E-state index is 0.167. The van der Waals surface area contributed by atoms with Crippen LogP contribution in [0.25, 0.3) is 11.3 Å². The zero-order valence-corrected chi connectivity index (χ0v) is 19.3. The summed E-state index contributed by atoms with van der Waals surface area (Å²) in [4.78, 5) is 21.6. The number of anilines is 1. The molecule has 3 N–H and O–H groups in total. The van der Waals surface area contributed by atoms with Gasteiger partial charge in [0.1, 0.15) is 17.6 Å². The lowest BCUT2D eigenvalue weighted by molar-refractivity contribution is 0.0951. The number of amides is 1. The molecular formula is C26H23ClN6O. The molecule has 3 aromatic carbocycles. The third-order valence-corrected chi connectivity index (χ3v) is 5.37. The first kappa shape index (κ1) is 23.1. The minimum Gasteiger partial charge on any atom is -0.382 e. The van der Waals surface area contributed by atoms with Crippen LogP contribution in [-0.2, 0) is 6.54 Å². The fourth-order valence-corrected chi connectivity index (χ4v) is 3.40. The number of nitrogens with zero attached hydrogens (tertiary/aromatic N) is 4. The largest absolute Gasteiger partial charge is 0.382 e. The van der Waals surface area contributed by atoms with Crippen LogP contribution in [0, 0.1) is 0 Å². The van der Waals surface area contributed by atoms with E-state index in [0.717, 1.165) is 11.1 Å². The summed E-state index contributed by atoms with van der Waals surface area (Å²) < 4.78 is 0. The van der Waals surface area contributed by atoms with Crippen LogP contribution >= 0.6 is 11.6 Å². The van der Waals surface area contributed by atoms with Gasteiger partial charge in [-0.25, -0.2) is 9.97 Å². The van der Waals surface area contributed by atoms with E-state index in [1.165, 1.54) is 0 Å². The molecule has 1 aromatic heterocycles. The quantitative estimate of drug-likeness (QED) is 0.316. The molecule has 7 nitrogen and oxygen atoms in total. The summed E-state index contributed by atoms with van der Waals surface area (Å²) in [5.74, 6) is 0.113. The summed E-state index contributed by atoms with van der Waals surface area (Å²) in [7, 11) is 0. The van der Waals surface area contributed by atoms with Crippen molar-refractivity contribution < 1.29 is 4.79 Å². The maximum atomic E-state index is 12.7. The van der Waals surface area contributed by atoms with E-state index in [1.54, 1.807) is 42.6 Å². The molecule has 0 aliphatic rings. The van der Waals surface area contributed by atoms with Gasteiger partial charge in [0.2, 0.25) is 0 Å². The number of hydrogen-bond donors (Lipinski definition) is 2. The van der Waals surface area contributed by atoms with Gasteiger partial charge in [0.05, 0.1) is 17.6 Å². The lowest BCUT2D eigenvalue weighted by Crippen LogP contribution is -2.22. The van der Waals surface area contributed by atoms with Crippen LogP contribution in [0.3, 0.4) is 0 Å². The zero-order valence-electron chi connectivity index (χ0n) is 18.5. The molecule has 0 spiro atoms. The number of nitrogens with one attached hydrogen (secondary N) is 1. The standard InChI is InChI=1S/C26H23ClN6O/c1-17(32-33-22-12-10-21(27)11-13-22)24-25(28)29-16-23(31-24)19-8-5-9-20(14-19)26(34)30-15-18-6-3-2-4-7-18/h2-14,16-17H,15H2,1H3,(H2,28,29)(H,30,34). The van der Waals surface area contributed by atoms with E-state index < -0.39 is 6.04 Å². The molecule has 0 aliphatic heterocycles. The van der Waals surface area contributed by atoms with Crippen molar-refractivity contribution in [1.29, 1.82) is 0 Å². The number of hydrogen-bond acceptors (Lipinski definition) is 6. The number of nitrogens with two attached hydrogens (primary N) is 1. The van der Waals surface area contributed by atoms with E-state index in [2.05, 4.69) is 25.5 Å². The lowest BCUT2D eigenvalue weighted by Gasteiger charge is -2.11. The first-order chi connectivity index (χ1) is 16.5. The highest BCUT2D eigenvalue weighted by Crippen LogP contribution is 2.26. The van der Waals surface area contributed by atoms with E-state index >= 15 is 0 Å². The Labute approximate surface area is 202 Å². The van der Waals surface area contributed by atoms with Crippen molar-refractivity contribution in [3.8, 4) is 11.3 Å². The number of aromatic nitrogens is 2. The van der Waals surface area contributed by atoms with Gasteiger partial charge in [-0.2, -0.15) is 10.2 Å². The molecule has 1 atom stereocenters. The van der Waals surface area contributed by atoms with Gasteiger partial charge in [-0.3, -0.25) is 4.79 Å². The normalized spacial score (nSPS) is 11.9. The summed E-state index contributed by atoms with van der Waals surface area (Å²) in [5.41, 5.74) is 10.2. The molecule has 0 fully saturated rings. The van der Waals surface area contributed by atoms with Gasteiger partial charge in [-0.05, 0) is 48.9 Å². The number of nitrogen functional groups attached to an aromatic ring is 1. The van der Waals surface area contributed by atoms with Crippen LogP contribution in [0.1, 0.15) is 34.6 Å². The Balaban J connectivity index is 1.51. The van der Waals surface area contributed by atoms with Crippen LogP contribution in [-0.4, -0.2) is 15.9 Å². The Morgan fingerprint density at radius 3 is 2.59 bits per heavy atom. The second-order valence-corrected chi connectivity index (χ2v) is 8.08. The topological polar surface area (TPSA) is 106 Å². The van der Waals surface area contributed by atoms with Gasteiger partial charge in [0.25, 0.3) is 5.91 Å². The molecule has 8 heteroatoms. The summed E-state index contributed by atoms with van der Waals surface area (Å²) in [6.45, 7) is 2.29. The molecule has 0 saturated carbocycles. The molecular weight excluding hydrogens is 448 g/mol. The summed E-state index contributed by atoms with van der Waals surface area (Å²) >= 11 is 5.91.